The topological polar surface area (TPSA) is 66.9 Å². The molecule has 0 spiro atoms. The van der Waals surface area contributed by atoms with Crippen LogP contribution in [0.5, 0.6) is 0 Å². The molecular formula is C17H20N2O4S. The van der Waals surface area contributed by atoms with E-state index in [-0.39, 0.29) is 18.2 Å². The number of benzene rings is 1. The van der Waals surface area contributed by atoms with Crippen LogP contribution >= 0.6 is 11.8 Å². The van der Waals surface area contributed by atoms with Crippen LogP contribution in [0.15, 0.2) is 30.3 Å². The summed E-state index contributed by atoms with van der Waals surface area (Å²) in [5.41, 5.74) is -0.600. The number of methoxy groups -OCH3 is 1. The standard InChI is InChI=1S/C17H20N2O4S/c1-16-10-12(13(20)23-3)17(24-4,18(2)14(16)21)19(15(16)22)11-8-6-5-7-9-11/h5-9,12H,10H2,1-4H3/t12-,16+,17+/m0/s1. The van der Waals surface area contributed by atoms with Crippen LogP contribution in [0.3, 0.4) is 0 Å². The molecule has 6 nitrogen and oxygen atoms in total. The minimum atomic E-state index is -1.26. The van der Waals surface area contributed by atoms with Gasteiger partial charge in [0.15, 0.2) is 4.99 Å². The zero-order valence-corrected chi connectivity index (χ0v) is 14.9. The molecule has 4 rings (SSSR count). The number of thioether (sulfide) groups is 1. The molecule has 1 aromatic rings. The van der Waals surface area contributed by atoms with Crippen molar-refractivity contribution in [1.82, 2.24) is 4.90 Å². The Bertz CT molecular complexity index is 710. The lowest BCUT2D eigenvalue weighted by Crippen LogP contribution is -2.80. The Morgan fingerprint density at radius 2 is 1.88 bits per heavy atom. The van der Waals surface area contributed by atoms with Crippen LogP contribution in [0.1, 0.15) is 13.3 Å². The second-order valence-electron chi connectivity index (χ2n) is 6.32. The van der Waals surface area contributed by atoms with Crippen molar-refractivity contribution in [1.29, 1.82) is 0 Å². The molecule has 3 atom stereocenters. The molecule has 128 valence electrons. The van der Waals surface area contributed by atoms with E-state index >= 15 is 0 Å². The number of carbonyl (C=O) groups excluding carboxylic acids is 3. The fraction of sp³-hybridized carbons (Fsp3) is 0.471. The molecule has 0 saturated carbocycles. The first-order valence-electron chi connectivity index (χ1n) is 7.65. The maximum atomic E-state index is 13.2. The quantitative estimate of drug-likeness (QED) is 0.614. The average molecular weight is 348 g/mol. The van der Waals surface area contributed by atoms with Gasteiger partial charge >= 0.3 is 5.97 Å². The van der Waals surface area contributed by atoms with Crippen molar-refractivity contribution in [2.45, 2.75) is 18.3 Å². The molecule has 3 aliphatic rings. The Balaban J connectivity index is 2.27. The molecule has 2 bridgehead atoms. The molecule has 1 aromatic carbocycles. The highest BCUT2D eigenvalue weighted by atomic mass is 32.2. The lowest BCUT2D eigenvalue weighted by atomic mass is 9.69. The van der Waals surface area contributed by atoms with Crippen LogP contribution in [0.2, 0.25) is 0 Å². The summed E-state index contributed by atoms with van der Waals surface area (Å²) in [5.74, 6) is -1.56. The Kier molecular flexibility index (Phi) is 3.86. The lowest BCUT2D eigenvalue weighted by molar-refractivity contribution is -0.175. The third kappa shape index (κ3) is 1.87. The van der Waals surface area contributed by atoms with Gasteiger partial charge in [0.05, 0.1) is 7.11 Å². The third-order valence-corrected chi connectivity index (χ3v) is 6.46. The van der Waals surface area contributed by atoms with E-state index in [9.17, 15) is 14.4 Å². The minimum absolute atomic E-state index is 0.159. The number of piperidine rings is 2. The van der Waals surface area contributed by atoms with Crippen LogP contribution in [0.25, 0.3) is 0 Å². The summed E-state index contributed by atoms with van der Waals surface area (Å²) in [6, 6.07) is 9.14. The number of hydrogen-bond acceptors (Lipinski definition) is 5. The summed E-state index contributed by atoms with van der Waals surface area (Å²) in [6.07, 6.45) is 1.96. The molecule has 3 aliphatic heterocycles. The molecule has 0 unspecified atom stereocenters. The second kappa shape index (κ2) is 5.51. The van der Waals surface area contributed by atoms with E-state index in [1.807, 2.05) is 30.3 Å². The summed E-state index contributed by atoms with van der Waals surface area (Å²) in [4.78, 5) is 40.5. The van der Waals surface area contributed by atoms with Gasteiger partial charge in [-0.05, 0) is 31.7 Å². The fourth-order valence-corrected chi connectivity index (χ4v) is 5.08. The summed E-state index contributed by atoms with van der Waals surface area (Å²) >= 11 is 1.31. The zero-order chi connectivity index (χ0) is 17.7. The van der Waals surface area contributed by atoms with Crippen molar-refractivity contribution in [3.8, 4) is 0 Å². The van der Waals surface area contributed by atoms with Gasteiger partial charge in [-0.3, -0.25) is 19.3 Å². The van der Waals surface area contributed by atoms with Gasteiger partial charge in [-0.15, -0.1) is 11.8 Å². The number of nitrogens with zero attached hydrogens (tertiary/aromatic N) is 2. The number of esters is 1. The van der Waals surface area contributed by atoms with E-state index in [0.29, 0.717) is 5.69 Å². The van der Waals surface area contributed by atoms with Crippen LogP contribution in [-0.2, 0) is 19.1 Å². The molecule has 3 saturated heterocycles. The Hall–Kier alpha value is -2.02. The second-order valence-corrected chi connectivity index (χ2v) is 7.32. The molecule has 0 aromatic heterocycles. The minimum Gasteiger partial charge on any atom is -0.469 e. The Labute approximate surface area is 145 Å². The monoisotopic (exact) mass is 348 g/mol. The van der Waals surface area contributed by atoms with Crippen molar-refractivity contribution in [2.24, 2.45) is 11.3 Å². The van der Waals surface area contributed by atoms with Gasteiger partial charge in [0, 0.05) is 12.7 Å². The largest absolute Gasteiger partial charge is 0.469 e. The molecule has 0 radical (unpaired) electrons. The number of fused-ring (bicyclic) bond motifs is 3. The van der Waals surface area contributed by atoms with Crippen molar-refractivity contribution >= 4 is 35.2 Å². The predicted molar refractivity (Wildman–Crippen MR) is 91.2 cm³/mol. The summed E-state index contributed by atoms with van der Waals surface area (Å²) in [7, 11) is 2.98. The van der Waals surface area contributed by atoms with Crippen LogP contribution in [0.4, 0.5) is 5.69 Å². The van der Waals surface area contributed by atoms with Gasteiger partial charge in [-0.1, -0.05) is 18.2 Å². The van der Waals surface area contributed by atoms with Gasteiger partial charge in [-0.25, -0.2) is 0 Å². The maximum absolute atomic E-state index is 13.2. The van der Waals surface area contributed by atoms with E-state index in [0.717, 1.165) is 0 Å². The van der Waals surface area contributed by atoms with Crippen molar-refractivity contribution < 1.29 is 19.1 Å². The zero-order valence-electron chi connectivity index (χ0n) is 14.1. The first kappa shape index (κ1) is 16.8. The highest BCUT2D eigenvalue weighted by molar-refractivity contribution is 8.00. The molecule has 0 aliphatic carbocycles. The lowest BCUT2D eigenvalue weighted by Gasteiger charge is -2.62. The average Bonchev–Trinajstić information content (AvgIpc) is 2.61. The van der Waals surface area contributed by atoms with Crippen LogP contribution in [-0.4, -0.2) is 48.1 Å². The summed E-state index contributed by atoms with van der Waals surface area (Å²) < 4.78 is 4.99. The molecular weight excluding hydrogens is 328 g/mol. The Morgan fingerprint density at radius 1 is 1.25 bits per heavy atom. The highest BCUT2D eigenvalue weighted by Crippen LogP contribution is 2.57. The molecule has 3 fully saturated rings. The van der Waals surface area contributed by atoms with Gasteiger partial charge in [-0.2, -0.15) is 0 Å². The number of hydrogen-bond donors (Lipinski definition) is 0. The van der Waals surface area contributed by atoms with Crippen molar-refractivity contribution in [3.63, 3.8) is 0 Å². The van der Waals surface area contributed by atoms with Gasteiger partial charge in [0.2, 0.25) is 11.8 Å². The van der Waals surface area contributed by atoms with Crippen molar-refractivity contribution in [3.05, 3.63) is 30.3 Å². The number of ether oxygens (including phenoxy) is 1. The first-order valence-corrected chi connectivity index (χ1v) is 8.88. The van der Waals surface area contributed by atoms with E-state index in [1.54, 1.807) is 25.1 Å². The number of rotatable bonds is 3. The Morgan fingerprint density at radius 3 is 2.42 bits per heavy atom. The van der Waals surface area contributed by atoms with E-state index in [4.69, 9.17) is 4.74 Å². The summed E-state index contributed by atoms with van der Waals surface area (Å²) in [6.45, 7) is 1.61. The molecule has 2 amide bonds. The molecule has 24 heavy (non-hydrogen) atoms. The van der Waals surface area contributed by atoms with E-state index < -0.39 is 22.3 Å². The number of para-hydroxylation sites is 1. The highest BCUT2D eigenvalue weighted by Gasteiger charge is 2.71. The van der Waals surface area contributed by atoms with Crippen LogP contribution in [0, 0.1) is 11.3 Å². The normalized spacial score (nSPS) is 32.2. The van der Waals surface area contributed by atoms with Crippen molar-refractivity contribution in [2.75, 3.05) is 25.3 Å². The predicted octanol–water partition coefficient (Wildman–Crippen LogP) is 1.71. The molecule has 7 heteroatoms. The maximum Gasteiger partial charge on any atom is 0.314 e. The van der Waals surface area contributed by atoms with Crippen LogP contribution < -0.4 is 4.90 Å². The molecule has 0 N–H and O–H groups in total. The number of amides is 2. The van der Waals surface area contributed by atoms with Gasteiger partial charge in [0.25, 0.3) is 0 Å². The number of carbonyl (C=O) groups is 3. The fourth-order valence-electron chi connectivity index (χ4n) is 3.88. The first-order chi connectivity index (χ1) is 11.3. The smallest absolute Gasteiger partial charge is 0.314 e. The summed E-state index contributed by atoms with van der Waals surface area (Å²) in [5, 5.41) is 0. The van der Waals surface area contributed by atoms with E-state index in [2.05, 4.69) is 0 Å². The van der Waals surface area contributed by atoms with E-state index in [1.165, 1.54) is 23.8 Å². The number of anilines is 1. The van der Waals surface area contributed by atoms with Gasteiger partial charge in [0.1, 0.15) is 11.3 Å². The van der Waals surface area contributed by atoms with Gasteiger partial charge < -0.3 is 9.64 Å². The SMILES string of the molecule is COC(=O)[C@@H]1C[C@]2(C)C(=O)N(C)[C@@]1(SC)N(c1ccccc1)C2=O. The third-order valence-electron chi connectivity index (χ3n) is 5.12. The molecule has 3 heterocycles.